The van der Waals surface area contributed by atoms with Crippen LogP contribution in [0.25, 0.3) is 27.9 Å². The summed E-state index contributed by atoms with van der Waals surface area (Å²) in [4.78, 5) is 7.94. The molecule has 5 rings (SSSR count). The summed E-state index contributed by atoms with van der Waals surface area (Å²) >= 11 is 1.43. The molecule has 0 aliphatic carbocycles. The third kappa shape index (κ3) is 6.36. The lowest BCUT2D eigenvalue weighted by Crippen LogP contribution is -2.41. The van der Waals surface area contributed by atoms with Crippen molar-refractivity contribution >= 4 is 17.0 Å². The second kappa shape index (κ2) is 11.8. The van der Waals surface area contributed by atoms with E-state index in [1.807, 2.05) is 48.1 Å². The lowest BCUT2D eigenvalue weighted by molar-refractivity contribution is -0.156. The van der Waals surface area contributed by atoms with E-state index in [-0.39, 0.29) is 13.0 Å². The highest BCUT2D eigenvalue weighted by Gasteiger charge is 2.37. The van der Waals surface area contributed by atoms with Gasteiger partial charge in [-0.25, -0.2) is 9.50 Å². The largest absolute Gasteiger partial charge is 0.492 e. The van der Waals surface area contributed by atoms with Gasteiger partial charge in [0.1, 0.15) is 18.4 Å². The van der Waals surface area contributed by atoms with Gasteiger partial charge in [0, 0.05) is 41.5 Å². The Morgan fingerprint density at radius 1 is 1.05 bits per heavy atom. The van der Waals surface area contributed by atoms with E-state index in [1.54, 1.807) is 10.7 Å². The SMILES string of the molecule is CC[C@H](NCc1cc(-c2cnn3cc(-c4ccc(OCCN5CCCCC5)cc4)cnc23)cs1)C(F)(F)F. The van der Waals surface area contributed by atoms with Gasteiger partial charge in [0.15, 0.2) is 5.65 Å². The first-order valence-corrected chi connectivity index (χ1v) is 14.0. The Morgan fingerprint density at radius 2 is 1.84 bits per heavy atom. The fourth-order valence-electron chi connectivity index (χ4n) is 4.78. The minimum Gasteiger partial charge on any atom is -0.492 e. The normalized spacial score (nSPS) is 15.7. The molecule has 4 aromatic rings. The smallest absolute Gasteiger partial charge is 0.403 e. The fraction of sp³-hybridized carbons (Fsp3) is 0.429. The Labute approximate surface area is 224 Å². The topological polar surface area (TPSA) is 54.7 Å². The Balaban J connectivity index is 1.22. The van der Waals surface area contributed by atoms with Gasteiger partial charge in [-0.2, -0.15) is 18.3 Å². The van der Waals surface area contributed by atoms with Crippen molar-refractivity contribution in [2.24, 2.45) is 0 Å². The number of nitrogens with one attached hydrogen (secondary N) is 1. The molecular weight excluding hydrogens is 511 g/mol. The minimum absolute atomic E-state index is 0.00345. The molecule has 38 heavy (non-hydrogen) atoms. The standard InChI is InChI=1S/C28H32F3N5OS/c1-2-26(28(29,30)31)32-16-24-14-21(19-38-24)25-17-34-36-18-22(15-33-27(25)36)20-6-8-23(9-7-20)37-13-12-35-10-4-3-5-11-35/h6-9,14-15,17-19,26,32H,2-5,10-13,16H2,1H3/t26-/m0/s1. The van der Waals surface area contributed by atoms with E-state index in [9.17, 15) is 13.2 Å². The van der Waals surface area contributed by atoms with E-state index < -0.39 is 12.2 Å². The maximum atomic E-state index is 13.0. The first kappa shape index (κ1) is 26.6. The van der Waals surface area contributed by atoms with Crippen molar-refractivity contribution in [2.75, 3.05) is 26.2 Å². The Morgan fingerprint density at radius 3 is 2.58 bits per heavy atom. The second-order valence-corrected chi connectivity index (χ2v) is 10.6. The average Bonchev–Trinajstić information content (AvgIpc) is 3.56. The molecule has 0 unspecified atom stereocenters. The number of ether oxygens (including phenoxy) is 1. The predicted octanol–water partition coefficient (Wildman–Crippen LogP) is 6.42. The number of nitrogens with zero attached hydrogens (tertiary/aromatic N) is 4. The van der Waals surface area contributed by atoms with E-state index in [4.69, 9.17) is 4.74 Å². The molecule has 3 aromatic heterocycles. The van der Waals surface area contributed by atoms with Gasteiger partial charge in [-0.1, -0.05) is 25.5 Å². The van der Waals surface area contributed by atoms with Gasteiger partial charge in [-0.05, 0) is 67.1 Å². The van der Waals surface area contributed by atoms with E-state index in [0.717, 1.165) is 39.4 Å². The van der Waals surface area contributed by atoms with Crippen LogP contribution in [0.4, 0.5) is 13.2 Å². The quantitative estimate of drug-likeness (QED) is 0.250. The zero-order valence-corrected chi connectivity index (χ0v) is 22.2. The Kier molecular flexibility index (Phi) is 8.30. The monoisotopic (exact) mass is 543 g/mol. The van der Waals surface area contributed by atoms with Crippen LogP contribution >= 0.6 is 11.3 Å². The summed E-state index contributed by atoms with van der Waals surface area (Å²) in [5, 5.41) is 9.03. The summed E-state index contributed by atoms with van der Waals surface area (Å²) in [5.74, 6) is 0.851. The van der Waals surface area contributed by atoms with E-state index in [0.29, 0.717) is 12.3 Å². The number of benzene rings is 1. The molecule has 1 N–H and O–H groups in total. The van der Waals surface area contributed by atoms with Gasteiger partial charge in [0.25, 0.3) is 0 Å². The summed E-state index contributed by atoms with van der Waals surface area (Å²) < 4.78 is 46.8. The van der Waals surface area contributed by atoms with Gasteiger partial charge in [-0.15, -0.1) is 11.3 Å². The van der Waals surface area contributed by atoms with Crippen LogP contribution in [-0.2, 0) is 6.54 Å². The highest BCUT2D eigenvalue weighted by atomic mass is 32.1. The molecule has 1 aromatic carbocycles. The third-order valence-electron chi connectivity index (χ3n) is 6.96. The number of rotatable bonds is 10. The molecule has 1 atom stereocenters. The van der Waals surface area contributed by atoms with E-state index >= 15 is 0 Å². The van der Waals surface area contributed by atoms with Crippen molar-refractivity contribution in [2.45, 2.75) is 51.4 Å². The predicted molar refractivity (Wildman–Crippen MR) is 144 cm³/mol. The van der Waals surface area contributed by atoms with E-state index in [1.165, 1.54) is 50.6 Å². The number of aromatic nitrogens is 3. The van der Waals surface area contributed by atoms with Crippen LogP contribution in [0.3, 0.4) is 0 Å². The zero-order valence-electron chi connectivity index (χ0n) is 21.4. The maximum absolute atomic E-state index is 13.0. The number of likely N-dealkylation sites (tertiary alicyclic amines) is 1. The van der Waals surface area contributed by atoms with E-state index in [2.05, 4.69) is 20.3 Å². The molecule has 10 heteroatoms. The second-order valence-electron chi connectivity index (χ2n) is 9.63. The van der Waals surface area contributed by atoms with Crippen LogP contribution in [0.15, 0.2) is 54.3 Å². The molecule has 1 saturated heterocycles. The number of piperidine rings is 1. The summed E-state index contributed by atoms with van der Waals surface area (Å²) in [6.07, 6.45) is 5.13. The molecular formula is C28H32F3N5OS. The zero-order chi connectivity index (χ0) is 26.5. The van der Waals surface area contributed by atoms with Gasteiger partial charge >= 0.3 is 6.18 Å². The molecule has 6 nitrogen and oxygen atoms in total. The van der Waals surface area contributed by atoms with Crippen LogP contribution in [0.5, 0.6) is 5.75 Å². The van der Waals surface area contributed by atoms with Gasteiger partial charge < -0.3 is 10.1 Å². The molecule has 4 heterocycles. The summed E-state index contributed by atoms with van der Waals surface area (Å²) in [5.41, 5.74) is 4.39. The number of thiophene rings is 1. The van der Waals surface area contributed by atoms with Gasteiger partial charge in [0.05, 0.1) is 6.20 Å². The lowest BCUT2D eigenvalue weighted by Gasteiger charge is -2.26. The molecule has 202 valence electrons. The first-order chi connectivity index (χ1) is 18.4. The molecule has 1 aliphatic heterocycles. The number of fused-ring (bicyclic) bond motifs is 1. The highest BCUT2D eigenvalue weighted by Crippen LogP contribution is 2.30. The highest BCUT2D eigenvalue weighted by molar-refractivity contribution is 7.10. The average molecular weight is 544 g/mol. The molecule has 1 aliphatic rings. The van der Waals surface area contributed by atoms with Crippen LogP contribution in [0, 0.1) is 0 Å². The molecule has 0 spiro atoms. The van der Waals surface area contributed by atoms with Crippen molar-refractivity contribution < 1.29 is 17.9 Å². The van der Waals surface area contributed by atoms with Crippen molar-refractivity contribution in [3.63, 3.8) is 0 Å². The third-order valence-corrected chi connectivity index (χ3v) is 7.90. The first-order valence-electron chi connectivity index (χ1n) is 13.1. The van der Waals surface area contributed by atoms with Gasteiger partial charge in [-0.3, -0.25) is 4.90 Å². The number of hydrogen-bond donors (Lipinski definition) is 1. The molecule has 0 saturated carbocycles. The Bertz CT molecular complexity index is 1330. The van der Waals surface area contributed by atoms with Crippen LogP contribution < -0.4 is 10.1 Å². The van der Waals surface area contributed by atoms with Crippen LogP contribution in [0.1, 0.15) is 37.5 Å². The van der Waals surface area contributed by atoms with Gasteiger partial charge in [0.2, 0.25) is 0 Å². The molecule has 0 radical (unpaired) electrons. The lowest BCUT2D eigenvalue weighted by atomic mass is 10.1. The van der Waals surface area contributed by atoms with Crippen LogP contribution in [-0.4, -0.2) is 58.0 Å². The maximum Gasteiger partial charge on any atom is 0.403 e. The minimum atomic E-state index is -4.25. The summed E-state index contributed by atoms with van der Waals surface area (Å²) in [6, 6.07) is 8.39. The summed E-state index contributed by atoms with van der Waals surface area (Å²) in [7, 11) is 0. The van der Waals surface area contributed by atoms with Crippen LogP contribution in [0.2, 0.25) is 0 Å². The van der Waals surface area contributed by atoms with Crippen molar-refractivity contribution in [1.82, 2.24) is 24.8 Å². The number of halogens is 3. The van der Waals surface area contributed by atoms with Crippen molar-refractivity contribution in [3.05, 3.63) is 59.2 Å². The Hall–Kier alpha value is -2.95. The molecule has 1 fully saturated rings. The van der Waals surface area contributed by atoms with Crippen molar-refractivity contribution in [1.29, 1.82) is 0 Å². The number of alkyl halides is 3. The fourth-order valence-corrected chi connectivity index (χ4v) is 5.61. The molecule has 0 amide bonds. The number of hydrogen-bond acceptors (Lipinski definition) is 6. The van der Waals surface area contributed by atoms with Crippen molar-refractivity contribution in [3.8, 4) is 28.0 Å². The molecule has 0 bridgehead atoms. The summed E-state index contributed by atoms with van der Waals surface area (Å²) in [6.45, 7) is 5.67.